The van der Waals surface area contributed by atoms with Gasteiger partial charge in [-0.25, -0.2) is 4.79 Å². The zero-order chi connectivity index (χ0) is 30.0. The van der Waals surface area contributed by atoms with Crippen molar-refractivity contribution in [1.82, 2.24) is 16.0 Å². The Bertz CT molecular complexity index is 1090. The second-order valence-electron chi connectivity index (χ2n) is 10.1. The molecule has 0 spiro atoms. The van der Waals surface area contributed by atoms with Gasteiger partial charge in [0.15, 0.2) is 0 Å². The van der Waals surface area contributed by atoms with Crippen LogP contribution in [0.5, 0.6) is 0 Å². The first-order valence-electron chi connectivity index (χ1n) is 14.1. The first-order valence-corrected chi connectivity index (χ1v) is 14.1. The minimum atomic E-state index is -1.16. The van der Waals surface area contributed by atoms with Gasteiger partial charge in [-0.05, 0) is 69.2 Å². The van der Waals surface area contributed by atoms with Gasteiger partial charge in [0.2, 0.25) is 17.7 Å². The van der Waals surface area contributed by atoms with E-state index in [0.717, 1.165) is 11.1 Å². The maximum Gasteiger partial charge on any atom is 0.326 e. The zero-order valence-corrected chi connectivity index (χ0v) is 23.5. The summed E-state index contributed by atoms with van der Waals surface area (Å²) in [6.07, 6.45) is 3.25. The number of carboxylic acid groups (broad SMARTS) is 1. The van der Waals surface area contributed by atoms with Crippen molar-refractivity contribution in [2.45, 2.75) is 75.5 Å². The summed E-state index contributed by atoms with van der Waals surface area (Å²) < 4.78 is 0. The van der Waals surface area contributed by atoms with Crippen molar-refractivity contribution in [1.29, 1.82) is 0 Å². The summed E-state index contributed by atoms with van der Waals surface area (Å²) in [5.41, 5.74) is 19.0. The number of carboxylic acids is 1. The maximum atomic E-state index is 13.5. The Kier molecular flexibility index (Phi) is 15.1. The fourth-order valence-electron chi connectivity index (χ4n) is 4.35. The Morgan fingerprint density at radius 1 is 0.610 bits per heavy atom. The average molecular weight is 569 g/mol. The molecule has 0 aliphatic heterocycles. The summed E-state index contributed by atoms with van der Waals surface area (Å²) in [6, 6.07) is 14.4. The molecule has 0 unspecified atom stereocenters. The second kappa shape index (κ2) is 18.5. The van der Waals surface area contributed by atoms with Crippen LogP contribution in [-0.2, 0) is 32.0 Å². The van der Waals surface area contributed by atoms with Crippen LogP contribution in [-0.4, -0.2) is 66.1 Å². The normalized spacial score (nSPS) is 13.8. The van der Waals surface area contributed by atoms with Crippen molar-refractivity contribution in [2.24, 2.45) is 17.2 Å². The molecule has 0 radical (unpaired) electrons. The Balaban J connectivity index is 2.18. The maximum absolute atomic E-state index is 13.5. The molecule has 2 aromatic carbocycles. The van der Waals surface area contributed by atoms with Crippen LogP contribution in [0.1, 0.15) is 49.7 Å². The summed E-state index contributed by atoms with van der Waals surface area (Å²) in [6.45, 7) is 0.826. The lowest BCUT2D eigenvalue weighted by Gasteiger charge is -2.25. The van der Waals surface area contributed by atoms with E-state index in [-0.39, 0.29) is 25.7 Å². The molecule has 0 saturated carbocycles. The van der Waals surface area contributed by atoms with Gasteiger partial charge in [0.05, 0.1) is 6.04 Å². The van der Waals surface area contributed by atoms with Gasteiger partial charge in [-0.1, -0.05) is 60.7 Å². The highest BCUT2D eigenvalue weighted by molar-refractivity contribution is 5.94. The molecule has 2 aromatic rings. The molecule has 0 fully saturated rings. The fraction of sp³-hybridized carbons (Fsp3) is 0.467. The third-order valence-electron chi connectivity index (χ3n) is 6.69. The molecule has 11 nitrogen and oxygen atoms in total. The molecule has 11 heteroatoms. The van der Waals surface area contributed by atoms with Crippen molar-refractivity contribution in [3.8, 4) is 0 Å². The summed E-state index contributed by atoms with van der Waals surface area (Å²) in [5.74, 6) is -2.85. The van der Waals surface area contributed by atoms with Crippen LogP contribution in [0.3, 0.4) is 0 Å². The Morgan fingerprint density at radius 2 is 1.05 bits per heavy atom. The molecule has 0 saturated heterocycles. The standard InChI is InChI=1S/C30H44N6O5/c31-17-9-7-15-24(28(38)35-25(30(40)41)16-8-10-18-32)34-29(39)26(20-22-13-5-2-6-14-22)36-27(37)23(33)19-21-11-3-1-4-12-21/h1-6,11-14,23-26H,7-10,15-20,31-33H2,(H,34,39)(H,35,38)(H,36,37)(H,40,41)/t23-,24-,25-,26-/m0/s1. The van der Waals surface area contributed by atoms with Gasteiger partial charge in [0, 0.05) is 6.42 Å². The molecule has 4 atom stereocenters. The van der Waals surface area contributed by atoms with Crippen LogP contribution in [0.4, 0.5) is 0 Å². The number of benzene rings is 2. The van der Waals surface area contributed by atoms with Crippen LogP contribution in [0, 0.1) is 0 Å². The van der Waals surface area contributed by atoms with Crippen LogP contribution in [0.15, 0.2) is 60.7 Å². The average Bonchev–Trinajstić information content (AvgIpc) is 2.96. The number of carbonyl (C=O) groups is 4. The van der Waals surface area contributed by atoms with Gasteiger partial charge in [-0.3, -0.25) is 14.4 Å². The predicted octanol–water partition coefficient (Wildman–Crippen LogP) is 0.596. The molecule has 224 valence electrons. The first kappa shape index (κ1) is 33.4. The van der Waals surface area contributed by atoms with E-state index in [9.17, 15) is 24.3 Å². The number of nitrogens with two attached hydrogens (primary N) is 3. The minimum absolute atomic E-state index is 0.171. The predicted molar refractivity (Wildman–Crippen MR) is 158 cm³/mol. The lowest BCUT2D eigenvalue weighted by molar-refractivity contribution is -0.142. The van der Waals surface area contributed by atoms with E-state index in [1.165, 1.54) is 0 Å². The zero-order valence-electron chi connectivity index (χ0n) is 23.5. The highest BCUT2D eigenvalue weighted by Crippen LogP contribution is 2.09. The number of carbonyl (C=O) groups excluding carboxylic acids is 3. The first-order chi connectivity index (χ1) is 19.7. The van der Waals surface area contributed by atoms with Crippen LogP contribution >= 0.6 is 0 Å². The van der Waals surface area contributed by atoms with Crippen LogP contribution < -0.4 is 33.2 Å². The molecule has 2 rings (SSSR count). The minimum Gasteiger partial charge on any atom is -0.480 e. The fourth-order valence-corrected chi connectivity index (χ4v) is 4.35. The molecule has 0 aromatic heterocycles. The third kappa shape index (κ3) is 12.5. The van der Waals surface area contributed by atoms with Crippen molar-refractivity contribution >= 4 is 23.7 Å². The number of nitrogens with one attached hydrogen (secondary N) is 3. The number of rotatable bonds is 19. The third-order valence-corrected chi connectivity index (χ3v) is 6.69. The molecular formula is C30H44N6O5. The molecule has 10 N–H and O–H groups in total. The molecule has 0 aliphatic rings. The van der Waals surface area contributed by atoms with Crippen LogP contribution in [0.2, 0.25) is 0 Å². The van der Waals surface area contributed by atoms with Gasteiger partial charge in [-0.15, -0.1) is 0 Å². The van der Waals surface area contributed by atoms with Crippen molar-refractivity contribution < 1.29 is 24.3 Å². The highest BCUT2D eigenvalue weighted by Gasteiger charge is 2.30. The topological polar surface area (TPSA) is 203 Å². The van der Waals surface area contributed by atoms with E-state index < -0.39 is 47.9 Å². The van der Waals surface area contributed by atoms with Crippen molar-refractivity contribution in [3.05, 3.63) is 71.8 Å². The van der Waals surface area contributed by atoms with Gasteiger partial charge in [-0.2, -0.15) is 0 Å². The molecule has 41 heavy (non-hydrogen) atoms. The lowest BCUT2D eigenvalue weighted by atomic mass is 10.0. The van der Waals surface area contributed by atoms with Gasteiger partial charge >= 0.3 is 5.97 Å². The largest absolute Gasteiger partial charge is 0.480 e. The molecule has 0 aliphatic carbocycles. The Labute approximate surface area is 241 Å². The summed E-state index contributed by atoms with van der Waals surface area (Å²) >= 11 is 0. The summed E-state index contributed by atoms with van der Waals surface area (Å²) in [4.78, 5) is 51.5. The van der Waals surface area contributed by atoms with E-state index in [2.05, 4.69) is 16.0 Å². The number of unbranched alkanes of at least 4 members (excludes halogenated alkanes) is 2. The second-order valence-corrected chi connectivity index (χ2v) is 10.1. The van der Waals surface area contributed by atoms with E-state index >= 15 is 0 Å². The number of hydrogen-bond acceptors (Lipinski definition) is 7. The molecular weight excluding hydrogens is 524 g/mol. The quantitative estimate of drug-likeness (QED) is 0.119. The Morgan fingerprint density at radius 3 is 1.56 bits per heavy atom. The van der Waals surface area contributed by atoms with Gasteiger partial charge < -0.3 is 38.3 Å². The van der Waals surface area contributed by atoms with E-state index in [1.54, 1.807) is 0 Å². The molecule has 0 bridgehead atoms. The summed E-state index contributed by atoms with van der Waals surface area (Å²) in [7, 11) is 0. The van der Waals surface area contributed by atoms with Crippen molar-refractivity contribution in [2.75, 3.05) is 13.1 Å². The summed E-state index contributed by atoms with van der Waals surface area (Å²) in [5, 5.41) is 17.6. The Hall–Kier alpha value is -3.80. The van der Waals surface area contributed by atoms with Crippen molar-refractivity contribution in [3.63, 3.8) is 0 Å². The van der Waals surface area contributed by atoms with Gasteiger partial charge in [0.25, 0.3) is 0 Å². The number of amides is 3. The van der Waals surface area contributed by atoms with E-state index in [1.807, 2.05) is 60.7 Å². The molecule has 3 amide bonds. The monoisotopic (exact) mass is 568 g/mol. The van der Waals surface area contributed by atoms with E-state index in [4.69, 9.17) is 17.2 Å². The molecule has 0 heterocycles. The SMILES string of the molecule is NCCCC[C@H](NC(=O)[C@H](CCCCN)NC(=O)[C@H](Cc1ccccc1)NC(=O)[C@@H](N)Cc1ccccc1)C(=O)O. The highest BCUT2D eigenvalue weighted by atomic mass is 16.4. The smallest absolute Gasteiger partial charge is 0.326 e. The number of aliphatic carboxylic acids is 1. The lowest BCUT2D eigenvalue weighted by Crippen LogP contribution is -2.57. The van der Waals surface area contributed by atoms with Gasteiger partial charge in [0.1, 0.15) is 18.1 Å². The van der Waals surface area contributed by atoms with E-state index in [0.29, 0.717) is 38.8 Å². The van der Waals surface area contributed by atoms with Crippen LogP contribution in [0.25, 0.3) is 0 Å². The number of hydrogen-bond donors (Lipinski definition) is 7.